The van der Waals surface area contributed by atoms with Gasteiger partial charge in [0, 0.05) is 29.4 Å². The lowest BCUT2D eigenvalue weighted by Crippen LogP contribution is -2.43. The van der Waals surface area contributed by atoms with E-state index in [4.69, 9.17) is 16.6 Å². The monoisotopic (exact) mass is 549 g/mol. The van der Waals surface area contributed by atoms with E-state index in [1.807, 2.05) is 41.2 Å². The predicted molar refractivity (Wildman–Crippen MR) is 158 cm³/mol. The Morgan fingerprint density at radius 2 is 1.95 bits per heavy atom. The van der Waals surface area contributed by atoms with Crippen LogP contribution in [0.15, 0.2) is 89.7 Å². The highest BCUT2D eigenvalue weighted by molar-refractivity contribution is 6.41. The van der Waals surface area contributed by atoms with Gasteiger partial charge in [-0.2, -0.15) is 0 Å². The van der Waals surface area contributed by atoms with Crippen molar-refractivity contribution in [2.75, 3.05) is 11.2 Å². The lowest BCUT2D eigenvalue weighted by molar-refractivity contribution is -0.663. The molecule has 0 spiro atoms. The number of amides is 1. The molecule has 10 heteroatoms. The molecule has 0 fully saturated rings. The zero-order valence-electron chi connectivity index (χ0n) is 22.4. The molecule has 2 N–H and O–H groups in total. The van der Waals surface area contributed by atoms with Gasteiger partial charge in [-0.1, -0.05) is 43.3 Å². The smallest absolute Gasteiger partial charge is 0.337 e. The number of hydrogen-bond donors (Lipinski definition) is 2. The molecule has 40 heavy (non-hydrogen) atoms. The van der Waals surface area contributed by atoms with Crippen molar-refractivity contribution in [2.45, 2.75) is 33.2 Å². The third-order valence-electron chi connectivity index (χ3n) is 7.12. The number of aromatic nitrogens is 4. The Labute approximate surface area is 239 Å². The highest BCUT2D eigenvalue weighted by Crippen LogP contribution is 2.37. The fraction of sp³-hybridized carbons (Fsp3) is 0.200. The van der Waals surface area contributed by atoms with Crippen molar-refractivity contribution in [3.63, 3.8) is 0 Å². The molecule has 0 aliphatic carbocycles. The Bertz CT molecular complexity index is 1670. The number of benzene rings is 2. The largest absolute Gasteiger partial charge is 0.503 e. The molecule has 6 rings (SSSR count). The number of fused-ring (bicyclic) bond motifs is 2. The molecule has 0 unspecified atom stereocenters. The molecule has 4 heterocycles. The van der Waals surface area contributed by atoms with E-state index in [-0.39, 0.29) is 11.8 Å². The second kappa shape index (κ2) is 11.0. The van der Waals surface area contributed by atoms with Gasteiger partial charge in [0.05, 0.1) is 12.2 Å². The van der Waals surface area contributed by atoms with Gasteiger partial charge in [0.2, 0.25) is 11.7 Å². The first-order chi connectivity index (χ1) is 19.6. The number of carbonyl (C=O) groups excluding carboxylic acids is 1. The Morgan fingerprint density at radius 1 is 1.12 bits per heavy atom. The molecular formula is C30H29BClN7O+. The number of carbonyl (C=O) groups is 1. The van der Waals surface area contributed by atoms with Gasteiger partial charge in [-0.15, -0.1) is 21.5 Å². The molecule has 2 aromatic carbocycles. The third kappa shape index (κ3) is 4.88. The Hall–Kier alpha value is -4.37. The van der Waals surface area contributed by atoms with Gasteiger partial charge >= 0.3 is 7.55 Å². The number of alkyl halides is 1. The minimum absolute atomic E-state index is 0.0845. The number of hydrogen-bond acceptors (Lipinski definition) is 3. The number of aromatic amines is 1. The van der Waals surface area contributed by atoms with Crippen LogP contribution in [0, 0.1) is 6.92 Å². The van der Waals surface area contributed by atoms with Crippen molar-refractivity contribution in [3.8, 4) is 5.82 Å². The number of H-pyrrole nitrogens is 1. The molecular weight excluding hydrogens is 521 g/mol. The lowest BCUT2D eigenvalue weighted by atomic mass is 9.91. The molecule has 8 nitrogen and oxygen atoms in total. The molecule has 2 aromatic heterocycles. The number of halogens is 1. The summed E-state index contributed by atoms with van der Waals surface area (Å²) in [5.41, 5.74) is 8.32. The van der Waals surface area contributed by atoms with Crippen molar-refractivity contribution in [3.05, 3.63) is 113 Å². The number of allylic oxidation sites excluding steroid dienone is 1. The summed E-state index contributed by atoms with van der Waals surface area (Å²) < 4.78 is 4.11. The van der Waals surface area contributed by atoms with Gasteiger partial charge in [-0.3, -0.25) is 14.3 Å². The summed E-state index contributed by atoms with van der Waals surface area (Å²) in [5.74, 6) is 1.49. The number of aryl methyl sites for hydroxylation is 2. The molecule has 2 aliphatic heterocycles. The SMILES string of the molecule is CCCc1c[n+](-c2ccc3n2[B]N2C(=NCc4ccccc4C)C=CC2=C3c2ccc(NC(=O)CCl)cc2)[nH]n1. The van der Waals surface area contributed by atoms with E-state index in [0.717, 1.165) is 52.7 Å². The average molecular weight is 550 g/mol. The maximum absolute atomic E-state index is 11.8. The van der Waals surface area contributed by atoms with Crippen molar-refractivity contribution in [2.24, 2.45) is 4.99 Å². The second-order valence-electron chi connectivity index (χ2n) is 9.84. The lowest BCUT2D eigenvalue weighted by Gasteiger charge is -2.28. The quantitative estimate of drug-likeness (QED) is 0.192. The highest BCUT2D eigenvalue weighted by Gasteiger charge is 2.36. The van der Waals surface area contributed by atoms with Crippen LogP contribution in [0.3, 0.4) is 0 Å². The van der Waals surface area contributed by atoms with Crippen LogP contribution in [0.5, 0.6) is 0 Å². The fourth-order valence-corrected chi connectivity index (χ4v) is 5.15. The molecule has 1 radical (unpaired) electrons. The van der Waals surface area contributed by atoms with Crippen molar-refractivity contribution >= 4 is 42.2 Å². The van der Waals surface area contributed by atoms with Crippen LogP contribution in [0.2, 0.25) is 0 Å². The Morgan fingerprint density at radius 3 is 2.73 bits per heavy atom. The Balaban J connectivity index is 1.41. The van der Waals surface area contributed by atoms with E-state index < -0.39 is 0 Å². The molecule has 0 saturated heterocycles. The van der Waals surface area contributed by atoms with Crippen LogP contribution in [-0.2, 0) is 17.8 Å². The fourth-order valence-electron chi connectivity index (χ4n) is 5.08. The molecule has 2 aliphatic rings. The molecule has 199 valence electrons. The van der Waals surface area contributed by atoms with E-state index in [9.17, 15) is 4.79 Å². The van der Waals surface area contributed by atoms with E-state index in [2.05, 4.69) is 88.8 Å². The van der Waals surface area contributed by atoms with Gasteiger partial charge < -0.3 is 10.1 Å². The summed E-state index contributed by atoms with van der Waals surface area (Å²) in [7, 11) is 2.09. The van der Waals surface area contributed by atoms with Crippen LogP contribution < -0.4 is 10.00 Å². The standard InChI is InChI=1S/C30H28BClN7O/c1-3-6-24-19-37(36-35-24)29-16-14-26-30(21-9-11-23(12-10-21)34-28(40)17-32)25-13-15-27(38(25)31-39(26)29)33-18-22-8-5-4-7-20(22)2/h4-5,7-16,19H,3,6,17-18H2,1-2H3,(H,33,34,40)/p+1. The maximum atomic E-state index is 11.8. The second-order valence-corrected chi connectivity index (χ2v) is 10.1. The third-order valence-corrected chi connectivity index (χ3v) is 7.36. The van der Waals surface area contributed by atoms with E-state index in [1.54, 1.807) is 0 Å². The molecule has 0 bridgehead atoms. The van der Waals surface area contributed by atoms with Gasteiger partial charge in [0.1, 0.15) is 17.9 Å². The topological polar surface area (TPSA) is 82.2 Å². The van der Waals surface area contributed by atoms with E-state index in [1.165, 1.54) is 11.1 Å². The van der Waals surface area contributed by atoms with Crippen LogP contribution in [0.4, 0.5) is 5.69 Å². The maximum Gasteiger partial charge on any atom is 0.503 e. The summed E-state index contributed by atoms with van der Waals surface area (Å²) in [5, 5.41) is 10.4. The number of aliphatic imine (C=N–C) groups is 1. The first-order valence-electron chi connectivity index (χ1n) is 13.4. The molecule has 1 amide bonds. The first-order valence-corrected chi connectivity index (χ1v) is 13.9. The summed E-state index contributed by atoms with van der Waals surface area (Å²) in [6, 6.07) is 20.4. The molecule has 4 aromatic rings. The van der Waals surface area contributed by atoms with Crippen LogP contribution >= 0.6 is 11.6 Å². The van der Waals surface area contributed by atoms with Gasteiger partial charge in [-0.25, -0.2) is 0 Å². The van der Waals surface area contributed by atoms with Crippen molar-refractivity contribution < 1.29 is 9.48 Å². The van der Waals surface area contributed by atoms with E-state index >= 15 is 0 Å². The summed E-state index contributed by atoms with van der Waals surface area (Å²) in [4.78, 5) is 18.9. The number of nitrogens with zero attached hydrogens (tertiary/aromatic N) is 5. The number of anilines is 1. The number of nitrogens with one attached hydrogen (secondary N) is 2. The minimum atomic E-state index is -0.235. The summed E-state index contributed by atoms with van der Waals surface area (Å²) in [6.45, 7) is 4.85. The van der Waals surface area contributed by atoms with Gasteiger partial charge in [0.15, 0.2) is 5.69 Å². The predicted octanol–water partition coefficient (Wildman–Crippen LogP) is 4.55. The average Bonchev–Trinajstić information content (AvgIpc) is 3.71. The van der Waals surface area contributed by atoms with Crippen LogP contribution in [0.1, 0.15) is 41.4 Å². The first kappa shape index (κ1) is 25.9. The Kier molecular flexibility index (Phi) is 7.13. The zero-order valence-corrected chi connectivity index (χ0v) is 23.2. The highest BCUT2D eigenvalue weighted by atomic mass is 35.5. The van der Waals surface area contributed by atoms with E-state index in [0.29, 0.717) is 12.2 Å². The molecule has 0 saturated carbocycles. The van der Waals surface area contributed by atoms with Gasteiger partial charge in [-0.05, 0) is 65.5 Å². The van der Waals surface area contributed by atoms with Crippen molar-refractivity contribution in [1.82, 2.24) is 19.6 Å². The van der Waals surface area contributed by atoms with Gasteiger partial charge in [0.25, 0.3) is 0 Å². The normalized spacial score (nSPS) is 14.9. The molecule has 0 atom stereocenters. The number of rotatable bonds is 8. The van der Waals surface area contributed by atoms with Crippen LogP contribution in [-0.4, -0.2) is 44.8 Å². The minimum Gasteiger partial charge on any atom is -0.337 e. The summed E-state index contributed by atoms with van der Waals surface area (Å²) >= 11 is 5.67. The zero-order chi connectivity index (χ0) is 27.6. The van der Waals surface area contributed by atoms with Crippen molar-refractivity contribution in [1.29, 1.82) is 0 Å². The summed E-state index contributed by atoms with van der Waals surface area (Å²) in [6.07, 6.45) is 8.16. The van der Waals surface area contributed by atoms with Crippen LogP contribution in [0.25, 0.3) is 11.4 Å². The number of amidine groups is 1.